The molecule has 0 fully saturated rings. The van der Waals surface area contributed by atoms with E-state index in [1.165, 1.54) is 22.0 Å². The van der Waals surface area contributed by atoms with Gasteiger partial charge in [-0.2, -0.15) is 4.31 Å². The molecule has 0 radical (unpaired) electrons. The smallest absolute Gasteiger partial charge is 0.254 e. The van der Waals surface area contributed by atoms with Crippen LogP contribution in [0.2, 0.25) is 5.02 Å². The molecule has 3 rings (SSSR count). The third kappa shape index (κ3) is 3.88. The van der Waals surface area contributed by atoms with Gasteiger partial charge in [-0.1, -0.05) is 49.7 Å². The first-order valence-electron chi connectivity index (χ1n) is 9.04. The molecule has 2 aromatic rings. The Balaban J connectivity index is 1.91. The third-order valence-electron chi connectivity index (χ3n) is 4.92. The molecule has 1 aliphatic rings. The molecule has 0 aliphatic carbocycles. The van der Waals surface area contributed by atoms with Gasteiger partial charge in [-0.15, -0.1) is 0 Å². The molecule has 1 amide bonds. The zero-order valence-electron chi connectivity index (χ0n) is 15.5. The molecule has 0 bridgehead atoms. The Morgan fingerprint density at radius 1 is 1.11 bits per heavy atom. The fraction of sp³-hybridized carbons (Fsp3) is 0.350. The number of nitrogens with zero attached hydrogens (tertiary/aromatic N) is 2. The number of halogens is 1. The fourth-order valence-corrected chi connectivity index (χ4v) is 5.35. The lowest BCUT2D eigenvalue weighted by atomic mass is 9.99. The average Bonchev–Trinajstić information content (AvgIpc) is 2.68. The highest BCUT2D eigenvalue weighted by atomic mass is 35.5. The molecule has 0 saturated heterocycles. The van der Waals surface area contributed by atoms with Crippen LogP contribution in [0.1, 0.15) is 35.3 Å². The predicted molar refractivity (Wildman–Crippen MR) is 106 cm³/mol. The molecular weight excluding hydrogens is 384 g/mol. The van der Waals surface area contributed by atoms with Crippen LogP contribution in [0.15, 0.2) is 47.4 Å². The number of carbonyl (C=O) groups excluding carboxylic acids is 1. The lowest BCUT2D eigenvalue weighted by Gasteiger charge is -2.29. The number of hydrogen-bond donors (Lipinski definition) is 0. The third-order valence-corrected chi connectivity index (χ3v) is 7.45. The summed E-state index contributed by atoms with van der Waals surface area (Å²) < 4.78 is 27.0. The molecule has 144 valence electrons. The van der Waals surface area contributed by atoms with Gasteiger partial charge in [0.15, 0.2) is 0 Å². The zero-order chi connectivity index (χ0) is 19.6. The second kappa shape index (κ2) is 8.00. The molecule has 1 heterocycles. The van der Waals surface area contributed by atoms with Crippen LogP contribution in [0.5, 0.6) is 0 Å². The molecule has 0 N–H and O–H groups in total. The van der Waals surface area contributed by atoms with Crippen molar-refractivity contribution in [2.75, 3.05) is 19.6 Å². The first-order valence-corrected chi connectivity index (χ1v) is 10.9. The van der Waals surface area contributed by atoms with Crippen molar-refractivity contribution in [2.45, 2.75) is 31.7 Å². The molecule has 0 atom stereocenters. The zero-order valence-corrected chi connectivity index (χ0v) is 17.1. The maximum absolute atomic E-state index is 13.0. The lowest BCUT2D eigenvalue weighted by Crippen LogP contribution is -2.36. The van der Waals surface area contributed by atoms with Gasteiger partial charge in [-0.3, -0.25) is 4.79 Å². The van der Waals surface area contributed by atoms with Crippen LogP contribution < -0.4 is 0 Å². The molecule has 0 unspecified atom stereocenters. The SMILES string of the molecule is CCN(CC)S(=O)(=O)c1cc(C(=O)N2CCc3ccccc3C2)ccc1Cl. The van der Waals surface area contributed by atoms with Gasteiger partial charge in [0.25, 0.3) is 5.91 Å². The highest BCUT2D eigenvalue weighted by Crippen LogP contribution is 2.27. The van der Waals surface area contributed by atoms with Crippen molar-refractivity contribution in [2.24, 2.45) is 0 Å². The van der Waals surface area contributed by atoms with Crippen molar-refractivity contribution in [1.29, 1.82) is 0 Å². The van der Waals surface area contributed by atoms with Gasteiger partial charge < -0.3 is 4.90 Å². The van der Waals surface area contributed by atoms with E-state index in [-0.39, 0.29) is 15.8 Å². The number of amides is 1. The molecule has 5 nitrogen and oxygen atoms in total. The van der Waals surface area contributed by atoms with Gasteiger partial charge >= 0.3 is 0 Å². The van der Waals surface area contributed by atoms with Crippen LogP contribution in [0.25, 0.3) is 0 Å². The van der Waals surface area contributed by atoms with Crippen molar-refractivity contribution in [3.8, 4) is 0 Å². The molecular formula is C20H23ClN2O3S. The van der Waals surface area contributed by atoms with Crippen molar-refractivity contribution >= 4 is 27.5 Å². The van der Waals surface area contributed by atoms with E-state index < -0.39 is 10.0 Å². The van der Waals surface area contributed by atoms with E-state index in [0.717, 1.165) is 12.0 Å². The van der Waals surface area contributed by atoms with Crippen molar-refractivity contribution in [1.82, 2.24) is 9.21 Å². The maximum Gasteiger partial charge on any atom is 0.254 e. The topological polar surface area (TPSA) is 57.7 Å². The van der Waals surface area contributed by atoms with E-state index in [1.54, 1.807) is 24.8 Å². The summed E-state index contributed by atoms with van der Waals surface area (Å²) in [5.41, 5.74) is 2.72. The Morgan fingerprint density at radius 3 is 2.44 bits per heavy atom. The number of benzene rings is 2. The van der Waals surface area contributed by atoms with E-state index in [9.17, 15) is 13.2 Å². The van der Waals surface area contributed by atoms with Gasteiger partial charge in [0.05, 0.1) is 5.02 Å². The minimum absolute atomic E-state index is 0.0175. The van der Waals surface area contributed by atoms with Crippen molar-refractivity contribution < 1.29 is 13.2 Å². The summed E-state index contributed by atoms with van der Waals surface area (Å²) in [6.45, 7) is 5.36. The largest absolute Gasteiger partial charge is 0.334 e. The van der Waals surface area contributed by atoms with E-state index >= 15 is 0 Å². The van der Waals surface area contributed by atoms with Crippen LogP contribution in [-0.4, -0.2) is 43.2 Å². The predicted octanol–water partition coefficient (Wildman–Crippen LogP) is 3.57. The molecule has 0 saturated carbocycles. The molecule has 2 aromatic carbocycles. The normalized spacial score (nSPS) is 14.3. The van der Waals surface area contributed by atoms with Crippen LogP contribution in [0.4, 0.5) is 0 Å². The van der Waals surface area contributed by atoms with E-state index in [4.69, 9.17) is 11.6 Å². The molecule has 27 heavy (non-hydrogen) atoms. The Labute approximate surface area is 165 Å². The summed E-state index contributed by atoms with van der Waals surface area (Å²) in [5.74, 6) is -0.183. The Kier molecular flexibility index (Phi) is 5.89. The van der Waals surface area contributed by atoms with Crippen molar-refractivity contribution in [3.05, 3.63) is 64.2 Å². The quantitative estimate of drug-likeness (QED) is 0.762. The van der Waals surface area contributed by atoms with E-state index in [1.807, 2.05) is 18.2 Å². The Hall–Kier alpha value is -1.89. The second-order valence-electron chi connectivity index (χ2n) is 6.48. The number of hydrogen-bond acceptors (Lipinski definition) is 3. The second-order valence-corrected chi connectivity index (χ2v) is 8.79. The molecule has 7 heteroatoms. The average molecular weight is 407 g/mol. The molecule has 0 spiro atoms. The first kappa shape index (κ1) is 19.9. The molecule has 1 aliphatic heterocycles. The Morgan fingerprint density at radius 2 is 1.78 bits per heavy atom. The maximum atomic E-state index is 13.0. The fourth-order valence-electron chi connectivity index (χ4n) is 3.39. The van der Waals surface area contributed by atoms with Crippen LogP contribution in [0.3, 0.4) is 0 Å². The number of rotatable bonds is 5. The number of carbonyl (C=O) groups is 1. The Bertz CT molecular complexity index is 955. The van der Waals surface area contributed by atoms with Crippen LogP contribution in [-0.2, 0) is 23.0 Å². The summed E-state index contributed by atoms with van der Waals surface area (Å²) in [7, 11) is -3.74. The van der Waals surface area contributed by atoms with Crippen molar-refractivity contribution in [3.63, 3.8) is 0 Å². The van der Waals surface area contributed by atoms with Gasteiger partial charge in [-0.25, -0.2) is 8.42 Å². The number of fused-ring (bicyclic) bond motifs is 1. The summed E-state index contributed by atoms with van der Waals surface area (Å²) >= 11 is 6.17. The number of sulfonamides is 1. The molecule has 0 aromatic heterocycles. The van der Waals surface area contributed by atoms with Gasteiger partial charge in [-0.05, 0) is 35.7 Å². The summed E-state index contributed by atoms with van der Waals surface area (Å²) in [4.78, 5) is 14.7. The van der Waals surface area contributed by atoms with E-state index in [0.29, 0.717) is 31.7 Å². The highest BCUT2D eigenvalue weighted by molar-refractivity contribution is 7.89. The van der Waals surface area contributed by atoms with E-state index in [2.05, 4.69) is 6.07 Å². The standard InChI is InChI=1S/C20H23ClN2O3S/c1-3-23(4-2)27(25,26)19-13-16(9-10-18(19)21)20(24)22-12-11-15-7-5-6-8-17(15)14-22/h5-10,13H,3-4,11-12,14H2,1-2H3. The lowest BCUT2D eigenvalue weighted by molar-refractivity contribution is 0.0734. The van der Waals surface area contributed by atoms with Crippen LogP contribution >= 0.6 is 11.6 Å². The summed E-state index contributed by atoms with van der Waals surface area (Å²) in [5, 5.41) is 0.127. The van der Waals surface area contributed by atoms with Gasteiger partial charge in [0, 0.05) is 31.7 Å². The van der Waals surface area contributed by atoms with Gasteiger partial charge in [0.1, 0.15) is 4.90 Å². The first-order chi connectivity index (χ1) is 12.9. The highest BCUT2D eigenvalue weighted by Gasteiger charge is 2.27. The van der Waals surface area contributed by atoms with Crippen LogP contribution in [0, 0.1) is 0 Å². The monoisotopic (exact) mass is 406 g/mol. The summed E-state index contributed by atoms with van der Waals surface area (Å²) in [6.07, 6.45) is 0.792. The minimum atomic E-state index is -3.74. The summed E-state index contributed by atoms with van der Waals surface area (Å²) in [6, 6.07) is 12.5. The van der Waals surface area contributed by atoms with Gasteiger partial charge in [0.2, 0.25) is 10.0 Å². The minimum Gasteiger partial charge on any atom is -0.334 e.